The second-order valence-corrected chi connectivity index (χ2v) is 6.55. The lowest BCUT2D eigenvalue weighted by Gasteiger charge is -2.38. The van der Waals surface area contributed by atoms with E-state index in [0.29, 0.717) is 12.5 Å². The summed E-state index contributed by atoms with van der Waals surface area (Å²) < 4.78 is 0. The molecule has 4 nitrogen and oxygen atoms in total. The Labute approximate surface area is 127 Å². The SMILES string of the molecule is Cc1ccccc1N(C)CC(NC(C)C)(C(N)=O)C1CC1. The van der Waals surface area contributed by atoms with E-state index in [-0.39, 0.29) is 11.9 Å². The van der Waals surface area contributed by atoms with Crippen molar-refractivity contribution in [3.8, 4) is 0 Å². The third kappa shape index (κ3) is 3.38. The van der Waals surface area contributed by atoms with Crippen LogP contribution in [0.5, 0.6) is 0 Å². The van der Waals surface area contributed by atoms with Gasteiger partial charge in [0, 0.05) is 25.3 Å². The van der Waals surface area contributed by atoms with Crippen molar-refractivity contribution in [2.75, 3.05) is 18.5 Å². The van der Waals surface area contributed by atoms with E-state index in [1.807, 2.05) is 19.2 Å². The predicted molar refractivity (Wildman–Crippen MR) is 87.4 cm³/mol. The first kappa shape index (κ1) is 15.8. The van der Waals surface area contributed by atoms with Crippen LogP contribution in [0.1, 0.15) is 32.3 Å². The Morgan fingerprint density at radius 3 is 2.52 bits per heavy atom. The Kier molecular flexibility index (Phi) is 4.57. The summed E-state index contributed by atoms with van der Waals surface area (Å²) in [5.41, 5.74) is 7.52. The molecule has 1 aliphatic carbocycles. The molecule has 0 radical (unpaired) electrons. The molecule has 1 aliphatic rings. The second kappa shape index (κ2) is 6.06. The van der Waals surface area contributed by atoms with Crippen molar-refractivity contribution in [3.63, 3.8) is 0 Å². The molecule has 1 saturated carbocycles. The van der Waals surface area contributed by atoms with Crippen LogP contribution in [-0.2, 0) is 4.79 Å². The first-order valence-electron chi connectivity index (χ1n) is 7.71. The lowest BCUT2D eigenvalue weighted by Crippen LogP contribution is -2.64. The summed E-state index contributed by atoms with van der Waals surface area (Å²) in [5.74, 6) is 0.114. The maximum atomic E-state index is 12.2. The van der Waals surface area contributed by atoms with E-state index in [1.165, 1.54) is 5.56 Å². The summed E-state index contributed by atoms with van der Waals surface area (Å²) in [4.78, 5) is 14.4. The molecule has 4 heteroatoms. The fourth-order valence-electron chi connectivity index (χ4n) is 3.19. The number of likely N-dealkylation sites (N-methyl/N-ethyl adjacent to an activating group) is 1. The van der Waals surface area contributed by atoms with E-state index < -0.39 is 5.54 Å². The van der Waals surface area contributed by atoms with Crippen LogP contribution in [0.15, 0.2) is 24.3 Å². The highest BCUT2D eigenvalue weighted by Gasteiger charge is 2.50. The maximum absolute atomic E-state index is 12.2. The van der Waals surface area contributed by atoms with Gasteiger partial charge in [-0.1, -0.05) is 18.2 Å². The summed E-state index contributed by atoms with van der Waals surface area (Å²) >= 11 is 0. The minimum absolute atomic E-state index is 0.225. The molecule has 0 aliphatic heterocycles. The molecule has 21 heavy (non-hydrogen) atoms. The van der Waals surface area contributed by atoms with Crippen LogP contribution in [0.4, 0.5) is 5.69 Å². The first-order chi connectivity index (χ1) is 9.86. The van der Waals surface area contributed by atoms with Gasteiger partial charge in [-0.05, 0) is 51.2 Å². The quantitative estimate of drug-likeness (QED) is 0.808. The average molecular weight is 289 g/mol. The second-order valence-electron chi connectivity index (χ2n) is 6.55. The molecular weight excluding hydrogens is 262 g/mol. The van der Waals surface area contributed by atoms with Crippen molar-refractivity contribution in [3.05, 3.63) is 29.8 Å². The van der Waals surface area contributed by atoms with E-state index in [4.69, 9.17) is 5.73 Å². The fourth-order valence-corrected chi connectivity index (χ4v) is 3.19. The van der Waals surface area contributed by atoms with Crippen LogP contribution in [0, 0.1) is 12.8 Å². The summed E-state index contributed by atoms with van der Waals surface area (Å²) in [7, 11) is 2.03. The Bertz CT molecular complexity index is 511. The van der Waals surface area contributed by atoms with Gasteiger partial charge >= 0.3 is 0 Å². The summed E-state index contributed by atoms with van der Waals surface area (Å²) in [5, 5.41) is 3.46. The van der Waals surface area contributed by atoms with Crippen LogP contribution in [-0.4, -0.2) is 31.1 Å². The predicted octanol–water partition coefficient (Wildman–Crippen LogP) is 2.06. The Morgan fingerprint density at radius 1 is 1.43 bits per heavy atom. The van der Waals surface area contributed by atoms with Crippen LogP contribution in [0.25, 0.3) is 0 Å². The van der Waals surface area contributed by atoms with Crippen molar-refractivity contribution in [2.45, 2.75) is 45.2 Å². The zero-order valence-electron chi connectivity index (χ0n) is 13.5. The summed E-state index contributed by atoms with van der Waals surface area (Å²) in [6.07, 6.45) is 2.15. The monoisotopic (exact) mass is 289 g/mol. The zero-order chi connectivity index (χ0) is 15.6. The number of nitrogens with zero attached hydrogens (tertiary/aromatic N) is 1. The number of amides is 1. The van der Waals surface area contributed by atoms with Gasteiger partial charge < -0.3 is 10.6 Å². The van der Waals surface area contributed by atoms with Crippen LogP contribution >= 0.6 is 0 Å². The van der Waals surface area contributed by atoms with Gasteiger partial charge in [0.15, 0.2) is 0 Å². The third-order valence-corrected chi connectivity index (χ3v) is 4.27. The number of benzene rings is 1. The van der Waals surface area contributed by atoms with Gasteiger partial charge in [0.25, 0.3) is 0 Å². The molecule has 1 aromatic carbocycles. The normalized spacial score (nSPS) is 17.6. The molecule has 1 amide bonds. The molecule has 1 atom stereocenters. The summed E-state index contributed by atoms with van der Waals surface area (Å²) in [6.45, 7) is 6.82. The van der Waals surface area contributed by atoms with Crippen molar-refractivity contribution in [2.24, 2.45) is 11.7 Å². The van der Waals surface area contributed by atoms with Gasteiger partial charge in [0.2, 0.25) is 5.91 Å². The molecule has 116 valence electrons. The topological polar surface area (TPSA) is 58.4 Å². The highest BCUT2D eigenvalue weighted by molar-refractivity contribution is 5.86. The number of para-hydroxylation sites is 1. The van der Waals surface area contributed by atoms with Crippen molar-refractivity contribution >= 4 is 11.6 Å². The summed E-state index contributed by atoms with van der Waals surface area (Å²) in [6, 6.07) is 8.45. The molecule has 0 heterocycles. The molecular formula is C17H27N3O. The van der Waals surface area contributed by atoms with Gasteiger partial charge in [-0.15, -0.1) is 0 Å². The smallest absolute Gasteiger partial charge is 0.239 e. The Balaban J connectivity index is 2.26. The molecule has 1 aromatic rings. The van der Waals surface area contributed by atoms with Gasteiger partial charge in [0.1, 0.15) is 5.54 Å². The van der Waals surface area contributed by atoms with E-state index in [9.17, 15) is 4.79 Å². The number of hydrogen-bond donors (Lipinski definition) is 2. The molecule has 3 N–H and O–H groups in total. The Morgan fingerprint density at radius 2 is 2.05 bits per heavy atom. The highest BCUT2D eigenvalue weighted by atomic mass is 16.1. The molecule has 1 unspecified atom stereocenters. The maximum Gasteiger partial charge on any atom is 0.239 e. The number of primary amides is 1. The number of hydrogen-bond acceptors (Lipinski definition) is 3. The van der Waals surface area contributed by atoms with Crippen LogP contribution < -0.4 is 16.0 Å². The fraction of sp³-hybridized carbons (Fsp3) is 0.588. The zero-order valence-corrected chi connectivity index (χ0v) is 13.5. The highest BCUT2D eigenvalue weighted by Crippen LogP contribution is 2.41. The number of aryl methyl sites for hydroxylation is 1. The lowest BCUT2D eigenvalue weighted by molar-refractivity contribution is -0.125. The number of nitrogens with one attached hydrogen (secondary N) is 1. The molecule has 0 bridgehead atoms. The van der Waals surface area contributed by atoms with Crippen LogP contribution in [0.2, 0.25) is 0 Å². The first-order valence-corrected chi connectivity index (χ1v) is 7.71. The number of anilines is 1. The molecule has 0 saturated heterocycles. The molecule has 0 spiro atoms. The molecule has 2 rings (SSSR count). The average Bonchev–Trinajstić information content (AvgIpc) is 3.21. The van der Waals surface area contributed by atoms with E-state index >= 15 is 0 Å². The molecule has 1 fully saturated rings. The number of rotatable bonds is 7. The minimum atomic E-state index is -0.634. The van der Waals surface area contributed by atoms with Crippen molar-refractivity contribution < 1.29 is 4.79 Å². The standard InChI is InChI=1S/C17H27N3O/c1-12(2)19-17(16(18)21,14-9-10-14)11-20(4)15-8-6-5-7-13(15)3/h5-8,12,14,19H,9-11H2,1-4H3,(H2,18,21). The van der Waals surface area contributed by atoms with Gasteiger partial charge in [-0.25, -0.2) is 0 Å². The largest absolute Gasteiger partial charge is 0.372 e. The minimum Gasteiger partial charge on any atom is -0.372 e. The number of nitrogens with two attached hydrogens (primary N) is 1. The van der Waals surface area contributed by atoms with Crippen LogP contribution in [0.3, 0.4) is 0 Å². The van der Waals surface area contributed by atoms with Gasteiger partial charge in [-0.2, -0.15) is 0 Å². The van der Waals surface area contributed by atoms with Crippen molar-refractivity contribution in [1.29, 1.82) is 0 Å². The number of carbonyl (C=O) groups is 1. The van der Waals surface area contributed by atoms with E-state index in [1.54, 1.807) is 0 Å². The molecule has 0 aromatic heterocycles. The van der Waals surface area contributed by atoms with E-state index in [2.05, 4.69) is 43.1 Å². The van der Waals surface area contributed by atoms with E-state index in [0.717, 1.165) is 18.5 Å². The Hall–Kier alpha value is -1.55. The van der Waals surface area contributed by atoms with Crippen molar-refractivity contribution in [1.82, 2.24) is 5.32 Å². The van der Waals surface area contributed by atoms with Gasteiger partial charge in [0.05, 0.1) is 0 Å². The number of carbonyl (C=O) groups excluding carboxylic acids is 1. The third-order valence-electron chi connectivity index (χ3n) is 4.27. The lowest BCUT2D eigenvalue weighted by atomic mass is 9.90. The van der Waals surface area contributed by atoms with Gasteiger partial charge in [-0.3, -0.25) is 10.1 Å².